The molecule has 0 radical (unpaired) electrons. The highest BCUT2D eigenvalue weighted by Gasteiger charge is 2.25. The van der Waals surface area contributed by atoms with Crippen LogP contribution in [0.5, 0.6) is 0 Å². The lowest BCUT2D eigenvalue weighted by atomic mass is 10.2. The van der Waals surface area contributed by atoms with Gasteiger partial charge in [-0.2, -0.15) is 4.98 Å². The molecule has 1 saturated heterocycles. The van der Waals surface area contributed by atoms with Gasteiger partial charge < -0.3 is 14.5 Å². The van der Waals surface area contributed by atoms with Crippen molar-refractivity contribution in [2.75, 3.05) is 12.4 Å². The molecular formula is C19H23N3O4S. The number of furan rings is 1. The molecule has 8 heteroatoms. The smallest absolute Gasteiger partial charge is 0.348 e. The SMILES string of the molecule is O=C(CSc1nc(=O)n(C[C@@H]2CCCO2)c2c1CCC2)NCc1ccco1. The average Bonchev–Trinajstić information content (AvgIpc) is 3.42. The zero-order valence-corrected chi connectivity index (χ0v) is 15.9. The van der Waals surface area contributed by atoms with E-state index in [0.717, 1.165) is 50.0 Å². The maximum atomic E-state index is 12.6. The van der Waals surface area contributed by atoms with Gasteiger partial charge in [-0.05, 0) is 44.2 Å². The van der Waals surface area contributed by atoms with Crippen LogP contribution in [-0.2, 0) is 35.5 Å². The van der Waals surface area contributed by atoms with E-state index in [2.05, 4.69) is 10.3 Å². The second-order valence-corrected chi connectivity index (χ2v) is 7.83. The molecule has 0 spiro atoms. The van der Waals surface area contributed by atoms with Crippen molar-refractivity contribution in [2.24, 2.45) is 0 Å². The van der Waals surface area contributed by atoms with Crippen LogP contribution in [0.4, 0.5) is 0 Å². The third kappa shape index (κ3) is 4.27. The monoisotopic (exact) mass is 389 g/mol. The molecule has 0 saturated carbocycles. The van der Waals surface area contributed by atoms with Crippen molar-refractivity contribution in [1.82, 2.24) is 14.9 Å². The first-order valence-electron chi connectivity index (χ1n) is 9.37. The Morgan fingerprint density at radius 1 is 1.37 bits per heavy atom. The van der Waals surface area contributed by atoms with Gasteiger partial charge >= 0.3 is 5.69 Å². The van der Waals surface area contributed by atoms with Gasteiger partial charge in [-0.3, -0.25) is 9.36 Å². The predicted molar refractivity (Wildman–Crippen MR) is 101 cm³/mol. The Hall–Kier alpha value is -2.06. The molecule has 2 aliphatic rings. The number of fused-ring (bicyclic) bond motifs is 1. The molecule has 0 bridgehead atoms. The number of hydrogen-bond donors (Lipinski definition) is 1. The van der Waals surface area contributed by atoms with Crippen LogP contribution in [0.3, 0.4) is 0 Å². The van der Waals surface area contributed by atoms with E-state index in [4.69, 9.17) is 9.15 Å². The van der Waals surface area contributed by atoms with Crippen molar-refractivity contribution in [3.05, 3.63) is 45.9 Å². The summed E-state index contributed by atoms with van der Waals surface area (Å²) in [5, 5.41) is 3.51. The van der Waals surface area contributed by atoms with Gasteiger partial charge in [0.1, 0.15) is 10.8 Å². The molecule has 144 valence electrons. The van der Waals surface area contributed by atoms with Gasteiger partial charge in [-0.15, -0.1) is 0 Å². The molecule has 0 unspecified atom stereocenters. The molecule has 4 rings (SSSR count). The quantitative estimate of drug-likeness (QED) is 0.575. The van der Waals surface area contributed by atoms with Crippen LogP contribution in [0, 0.1) is 0 Å². The van der Waals surface area contributed by atoms with E-state index in [0.29, 0.717) is 23.9 Å². The molecule has 1 aliphatic carbocycles. The largest absolute Gasteiger partial charge is 0.467 e. The first kappa shape index (κ1) is 18.3. The molecule has 0 aromatic carbocycles. The van der Waals surface area contributed by atoms with E-state index in [-0.39, 0.29) is 23.5 Å². The molecule has 1 N–H and O–H groups in total. The molecule has 1 fully saturated rings. The Labute approximate surface area is 161 Å². The summed E-state index contributed by atoms with van der Waals surface area (Å²) >= 11 is 1.34. The lowest BCUT2D eigenvalue weighted by Crippen LogP contribution is -2.32. The van der Waals surface area contributed by atoms with E-state index in [9.17, 15) is 9.59 Å². The zero-order chi connectivity index (χ0) is 18.6. The van der Waals surface area contributed by atoms with Crippen molar-refractivity contribution < 1.29 is 13.9 Å². The number of ether oxygens (including phenoxy) is 1. The lowest BCUT2D eigenvalue weighted by Gasteiger charge is -2.17. The van der Waals surface area contributed by atoms with Crippen LogP contribution in [0.15, 0.2) is 32.6 Å². The van der Waals surface area contributed by atoms with Gasteiger partial charge in [0.2, 0.25) is 5.91 Å². The van der Waals surface area contributed by atoms with Gasteiger partial charge in [0.05, 0.1) is 31.2 Å². The third-order valence-corrected chi connectivity index (χ3v) is 6.01. The maximum Gasteiger partial charge on any atom is 0.348 e. The summed E-state index contributed by atoms with van der Waals surface area (Å²) in [6.45, 7) is 1.72. The van der Waals surface area contributed by atoms with E-state index in [1.807, 2.05) is 6.07 Å². The Morgan fingerprint density at radius 3 is 3.07 bits per heavy atom. The predicted octanol–water partition coefficient (Wildman–Crippen LogP) is 1.91. The number of nitrogens with zero attached hydrogens (tertiary/aromatic N) is 2. The molecule has 3 heterocycles. The number of hydrogen-bond acceptors (Lipinski definition) is 6. The molecule has 2 aromatic rings. The first-order valence-corrected chi connectivity index (χ1v) is 10.4. The summed E-state index contributed by atoms with van der Waals surface area (Å²) in [5.41, 5.74) is 1.96. The number of amides is 1. The molecule has 27 heavy (non-hydrogen) atoms. The molecule has 1 amide bonds. The fourth-order valence-electron chi connectivity index (χ4n) is 3.67. The first-order chi connectivity index (χ1) is 13.2. The summed E-state index contributed by atoms with van der Waals surface area (Å²) in [4.78, 5) is 29.0. The van der Waals surface area contributed by atoms with Crippen molar-refractivity contribution in [3.8, 4) is 0 Å². The molecule has 2 aromatic heterocycles. The minimum absolute atomic E-state index is 0.103. The van der Waals surface area contributed by atoms with E-state index in [1.165, 1.54) is 11.8 Å². The fourth-order valence-corrected chi connectivity index (χ4v) is 4.58. The van der Waals surface area contributed by atoms with E-state index < -0.39 is 0 Å². The second-order valence-electron chi connectivity index (χ2n) is 6.87. The highest BCUT2D eigenvalue weighted by atomic mass is 32.2. The Bertz CT molecular complexity index is 857. The molecular weight excluding hydrogens is 366 g/mol. The van der Waals surface area contributed by atoms with Crippen LogP contribution >= 0.6 is 11.8 Å². The minimum Gasteiger partial charge on any atom is -0.467 e. The van der Waals surface area contributed by atoms with Crippen molar-refractivity contribution in [3.63, 3.8) is 0 Å². The van der Waals surface area contributed by atoms with Gasteiger partial charge in [0.25, 0.3) is 0 Å². The molecule has 1 aliphatic heterocycles. The highest BCUT2D eigenvalue weighted by molar-refractivity contribution is 7.99. The van der Waals surface area contributed by atoms with Gasteiger partial charge in [0.15, 0.2) is 0 Å². The normalized spacial score (nSPS) is 18.6. The molecule has 1 atom stereocenters. The lowest BCUT2D eigenvalue weighted by molar-refractivity contribution is -0.118. The minimum atomic E-state index is -0.232. The number of thioether (sulfide) groups is 1. The van der Waals surface area contributed by atoms with E-state index >= 15 is 0 Å². The van der Waals surface area contributed by atoms with E-state index in [1.54, 1.807) is 16.9 Å². The summed E-state index contributed by atoms with van der Waals surface area (Å²) < 4.78 is 12.7. The summed E-state index contributed by atoms with van der Waals surface area (Å²) in [5.74, 6) is 0.840. The average molecular weight is 389 g/mol. The number of carbonyl (C=O) groups is 1. The Kier molecular flexibility index (Phi) is 5.63. The van der Waals surface area contributed by atoms with Crippen LogP contribution < -0.4 is 11.0 Å². The fraction of sp³-hybridized carbons (Fsp3) is 0.526. The second kappa shape index (κ2) is 8.31. The zero-order valence-electron chi connectivity index (χ0n) is 15.1. The summed E-state index contributed by atoms with van der Waals surface area (Å²) in [6.07, 6.45) is 6.55. The summed E-state index contributed by atoms with van der Waals surface area (Å²) in [6, 6.07) is 3.60. The van der Waals surface area contributed by atoms with Gasteiger partial charge in [-0.1, -0.05) is 11.8 Å². The van der Waals surface area contributed by atoms with Crippen molar-refractivity contribution in [2.45, 2.75) is 56.3 Å². The van der Waals surface area contributed by atoms with Crippen LogP contribution in [0.25, 0.3) is 0 Å². The van der Waals surface area contributed by atoms with Crippen LogP contribution in [0.1, 0.15) is 36.3 Å². The number of nitrogens with one attached hydrogen (secondary N) is 1. The standard InChI is InChI=1S/C19H23N3O4S/c23-17(20-10-13-4-2-8-25-13)12-27-18-15-6-1-7-16(15)22(19(24)21-18)11-14-5-3-9-26-14/h2,4,8,14H,1,3,5-7,9-12H2,(H,20,23)/t14-/m0/s1. The number of rotatable bonds is 7. The van der Waals surface area contributed by atoms with Crippen molar-refractivity contribution in [1.29, 1.82) is 0 Å². The van der Waals surface area contributed by atoms with Crippen LogP contribution in [0.2, 0.25) is 0 Å². The maximum absolute atomic E-state index is 12.6. The molecule has 7 nitrogen and oxygen atoms in total. The van der Waals surface area contributed by atoms with Gasteiger partial charge in [0, 0.05) is 17.9 Å². The Morgan fingerprint density at radius 2 is 2.30 bits per heavy atom. The topological polar surface area (TPSA) is 86.4 Å². The third-order valence-electron chi connectivity index (χ3n) is 4.99. The summed E-state index contributed by atoms with van der Waals surface area (Å²) in [7, 11) is 0. The Balaban J connectivity index is 1.42. The number of aromatic nitrogens is 2. The van der Waals surface area contributed by atoms with Crippen LogP contribution in [-0.4, -0.2) is 33.9 Å². The highest BCUT2D eigenvalue weighted by Crippen LogP contribution is 2.29. The van der Waals surface area contributed by atoms with Crippen molar-refractivity contribution >= 4 is 17.7 Å². The number of carbonyl (C=O) groups excluding carboxylic acids is 1. The van der Waals surface area contributed by atoms with Gasteiger partial charge in [-0.25, -0.2) is 4.79 Å².